The molecule has 2 atom stereocenters. The van der Waals surface area contributed by atoms with Crippen molar-refractivity contribution in [2.45, 2.75) is 44.2 Å². The van der Waals surface area contributed by atoms with Crippen molar-refractivity contribution in [3.8, 4) is 0 Å². The van der Waals surface area contributed by atoms with Crippen LogP contribution in [0.5, 0.6) is 0 Å². The summed E-state index contributed by atoms with van der Waals surface area (Å²) in [5.74, 6) is -3.30. The topological polar surface area (TPSA) is 157 Å². The highest BCUT2D eigenvalue weighted by Crippen LogP contribution is 2.02. The average Bonchev–Trinajstić information content (AvgIpc) is 2.54. The van der Waals surface area contributed by atoms with E-state index >= 15 is 0 Å². The lowest BCUT2D eigenvalue weighted by molar-refractivity contribution is -0.141. The summed E-state index contributed by atoms with van der Waals surface area (Å²) in [6.45, 7) is 0.916. The molecule has 144 valence electrons. The van der Waals surface area contributed by atoms with Crippen LogP contribution in [-0.4, -0.2) is 70.8 Å². The fraction of sp³-hybridized carbons (Fsp3) is 0.714. The van der Waals surface area contributed by atoms with Gasteiger partial charge in [0.15, 0.2) is 0 Å². The molecule has 0 aliphatic rings. The number of nitrogens with one attached hydrogen (secondary N) is 3. The summed E-state index contributed by atoms with van der Waals surface area (Å²) in [4.78, 5) is 32.7. The molecule has 10 nitrogen and oxygen atoms in total. The van der Waals surface area contributed by atoms with E-state index in [9.17, 15) is 14.4 Å². The summed E-state index contributed by atoms with van der Waals surface area (Å²) < 4.78 is 4.81. The van der Waals surface area contributed by atoms with Crippen LogP contribution in [0.3, 0.4) is 0 Å². The van der Waals surface area contributed by atoms with E-state index in [1.165, 1.54) is 0 Å². The second-order valence-corrected chi connectivity index (χ2v) is 5.39. The number of carbonyl (C=O) groups is 3. The van der Waals surface area contributed by atoms with Crippen molar-refractivity contribution in [1.29, 1.82) is 0 Å². The van der Waals surface area contributed by atoms with E-state index in [1.807, 2.05) is 0 Å². The van der Waals surface area contributed by atoms with Gasteiger partial charge in [-0.05, 0) is 38.0 Å². The van der Waals surface area contributed by atoms with Gasteiger partial charge >= 0.3 is 17.9 Å². The van der Waals surface area contributed by atoms with Crippen LogP contribution in [0.4, 0.5) is 0 Å². The van der Waals surface area contributed by atoms with Crippen molar-refractivity contribution in [1.82, 2.24) is 16.0 Å². The van der Waals surface area contributed by atoms with E-state index in [0.29, 0.717) is 26.1 Å². The number of unbranched alkanes of at least 4 members (excludes halogenated alkanes) is 1. The lowest BCUT2D eigenvalue weighted by Crippen LogP contribution is -2.47. The second kappa shape index (κ2) is 14.5. The Morgan fingerprint density at radius 1 is 1.00 bits per heavy atom. The standard InChI is InChI=1S/C14H25N3O7S/c18-12(19)5-4-11(14(22)23)17-7-16-10(13(20)21)3-1-2-6-15-8-24-9-25/h9-11,15-17H,1-8H2,(H,18,19)(H,20,21)(H,22,23). The van der Waals surface area contributed by atoms with Gasteiger partial charge in [0.05, 0.1) is 0 Å². The summed E-state index contributed by atoms with van der Waals surface area (Å²) in [5, 5.41) is 35.0. The number of thiocarbonyl (C=S) groups is 1. The highest BCUT2D eigenvalue weighted by Gasteiger charge is 2.20. The lowest BCUT2D eigenvalue weighted by atomic mass is 10.1. The highest BCUT2D eigenvalue weighted by atomic mass is 32.1. The molecule has 11 heteroatoms. The number of carboxylic acids is 3. The average molecular weight is 379 g/mol. The molecule has 2 unspecified atom stereocenters. The van der Waals surface area contributed by atoms with Crippen molar-refractivity contribution >= 4 is 35.7 Å². The third-order valence-corrected chi connectivity index (χ3v) is 3.43. The lowest BCUT2D eigenvalue weighted by Gasteiger charge is -2.18. The molecule has 0 bridgehead atoms. The van der Waals surface area contributed by atoms with Gasteiger partial charge in [0.1, 0.15) is 24.4 Å². The Labute approximate surface area is 150 Å². The van der Waals surface area contributed by atoms with Crippen molar-refractivity contribution in [2.75, 3.05) is 19.9 Å². The molecule has 0 rings (SSSR count). The van der Waals surface area contributed by atoms with Gasteiger partial charge in [0.25, 0.3) is 0 Å². The van der Waals surface area contributed by atoms with Crippen molar-refractivity contribution < 1.29 is 34.4 Å². The summed E-state index contributed by atoms with van der Waals surface area (Å²) in [6.07, 6.45) is 1.40. The van der Waals surface area contributed by atoms with Gasteiger partial charge in [-0.25, -0.2) is 0 Å². The van der Waals surface area contributed by atoms with Crippen LogP contribution in [0.2, 0.25) is 0 Å². The predicted octanol–water partition coefficient (Wildman–Crippen LogP) is -0.414. The third-order valence-electron chi connectivity index (χ3n) is 3.29. The molecule has 0 aromatic carbocycles. The van der Waals surface area contributed by atoms with E-state index < -0.39 is 30.0 Å². The van der Waals surface area contributed by atoms with E-state index in [-0.39, 0.29) is 19.5 Å². The van der Waals surface area contributed by atoms with Crippen LogP contribution >= 0.6 is 12.2 Å². The van der Waals surface area contributed by atoms with Crippen LogP contribution in [0.25, 0.3) is 0 Å². The van der Waals surface area contributed by atoms with E-state index in [4.69, 9.17) is 20.1 Å². The van der Waals surface area contributed by atoms with Crippen LogP contribution in [-0.2, 0) is 19.1 Å². The summed E-state index contributed by atoms with van der Waals surface area (Å²) in [5.41, 5.74) is 1.16. The quantitative estimate of drug-likeness (QED) is 0.111. The van der Waals surface area contributed by atoms with E-state index in [2.05, 4.69) is 28.2 Å². The van der Waals surface area contributed by atoms with Crippen LogP contribution in [0, 0.1) is 0 Å². The first kappa shape index (κ1) is 23.2. The number of carboxylic acid groups (broad SMARTS) is 3. The molecule has 0 radical (unpaired) electrons. The van der Waals surface area contributed by atoms with Crippen LogP contribution in [0.1, 0.15) is 32.1 Å². The second-order valence-electron chi connectivity index (χ2n) is 5.20. The van der Waals surface area contributed by atoms with E-state index in [1.54, 1.807) is 0 Å². The maximum atomic E-state index is 11.2. The first-order chi connectivity index (χ1) is 11.9. The minimum Gasteiger partial charge on any atom is -0.481 e. The Hall–Kier alpha value is -1.82. The summed E-state index contributed by atoms with van der Waals surface area (Å²) in [6, 6.07) is -1.87. The minimum absolute atomic E-state index is 0.0473. The van der Waals surface area contributed by atoms with Gasteiger partial charge in [0, 0.05) is 13.1 Å². The monoisotopic (exact) mass is 379 g/mol. The van der Waals surface area contributed by atoms with Gasteiger partial charge in [-0.15, -0.1) is 0 Å². The zero-order valence-electron chi connectivity index (χ0n) is 13.8. The van der Waals surface area contributed by atoms with Gasteiger partial charge in [-0.3, -0.25) is 30.3 Å². The number of hydrogen-bond donors (Lipinski definition) is 6. The zero-order chi connectivity index (χ0) is 19.1. The van der Waals surface area contributed by atoms with Gasteiger partial charge in [0.2, 0.25) is 0 Å². The maximum Gasteiger partial charge on any atom is 0.320 e. The third kappa shape index (κ3) is 13.2. The molecule has 0 saturated carbocycles. The molecule has 6 N–H and O–H groups in total. The van der Waals surface area contributed by atoms with Crippen LogP contribution < -0.4 is 16.0 Å². The minimum atomic E-state index is -1.18. The number of aliphatic carboxylic acids is 3. The fourth-order valence-corrected chi connectivity index (χ4v) is 2.03. The number of rotatable bonds is 17. The van der Waals surface area contributed by atoms with E-state index in [0.717, 1.165) is 12.0 Å². The van der Waals surface area contributed by atoms with Crippen LogP contribution in [0.15, 0.2) is 0 Å². The van der Waals surface area contributed by atoms with Gasteiger partial charge < -0.3 is 20.1 Å². The Bertz CT molecular complexity index is 437. The summed E-state index contributed by atoms with van der Waals surface area (Å²) >= 11 is 4.49. The molecule has 25 heavy (non-hydrogen) atoms. The molecule has 0 spiro atoms. The number of hydrogen-bond acceptors (Lipinski definition) is 8. The Morgan fingerprint density at radius 3 is 2.12 bits per heavy atom. The summed E-state index contributed by atoms with van der Waals surface area (Å²) in [7, 11) is 0. The molecule has 0 fully saturated rings. The molecular weight excluding hydrogens is 354 g/mol. The van der Waals surface area contributed by atoms with Crippen molar-refractivity contribution in [2.24, 2.45) is 0 Å². The van der Waals surface area contributed by atoms with Crippen molar-refractivity contribution in [3.05, 3.63) is 0 Å². The molecule has 0 aromatic rings. The Kier molecular flexibility index (Phi) is 13.5. The first-order valence-electron chi connectivity index (χ1n) is 7.78. The predicted molar refractivity (Wildman–Crippen MR) is 92.3 cm³/mol. The first-order valence-corrected chi connectivity index (χ1v) is 8.25. The highest BCUT2D eigenvalue weighted by molar-refractivity contribution is 7.78. The SMILES string of the molecule is O=C(O)CCC(NCNC(CCCCNCOC=S)C(=O)O)C(=O)O. The smallest absolute Gasteiger partial charge is 0.320 e. The Morgan fingerprint density at radius 2 is 1.60 bits per heavy atom. The van der Waals surface area contributed by atoms with Gasteiger partial charge in [-0.1, -0.05) is 6.42 Å². The molecule has 0 saturated heterocycles. The molecule has 0 aliphatic carbocycles. The van der Waals surface area contributed by atoms with Gasteiger partial charge in [-0.2, -0.15) is 0 Å². The molecule has 0 aromatic heterocycles. The number of ether oxygens (including phenoxy) is 1. The molecular formula is C14H25N3O7S. The van der Waals surface area contributed by atoms with Crippen molar-refractivity contribution in [3.63, 3.8) is 0 Å². The fourth-order valence-electron chi connectivity index (χ4n) is 1.96. The maximum absolute atomic E-state index is 11.2. The normalized spacial score (nSPS) is 13.0. The largest absolute Gasteiger partial charge is 0.481 e. The molecule has 0 heterocycles. The molecule has 0 amide bonds. The Balaban J connectivity index is 4.04. The zero-order valence-corrected chi connectivity index (χ0v) is 14.6. The molecule has 0 aliphatic heterocycles.